The Morgan fingerprint density at radius 2 is 0.861 bits per heavy atom. The normalized spacial score (nSPS) is 29.7. The van der Waals surface area contributed by atoms with E-state index in [4.69, 9.17) is 28.4 Å². The molecule has 0 aromatic heterocycles. The van der Waals surface area contributed by atoms with Crippen LogP contribution in [0.5, 0.6) is 0 Å². The summed E-state index contributed by atoms with van der Waals surface area (Å²) in [5.74, 6) is -3.37. The molecule has 72 heavy (non-hydrogen) atoms. The van der Waals surface area contributed by atoms with E-state index in [-0.39, 0.29) is 104 Å². The smallest absolute Gasteiger partial charge is 0.550 e. The van der Waals surface area contributed by atoms with Crippen LogP contribution in [-0.2, 0) is 47.6 Å². The van der Waals surface area contributed by atoms with Gasteiger partial charge in [0, 0.05) is 47.8 Å². The second kappa shape index (κ2) is 36.3. The van der Waals surface area contributed by atoms with E-state index in [1.807, 2.05) is 13.8 Å². The largest absolute Gasteiger partial charge is 2.00 e. The number of carbonyl (C=O) groups is 4. The monoisotopic (exact) mass is 1060 g/mol. The molecule has 412 valence electrons. The van der Waals surface area contributed by atoms with Gasteiger partial charge >= 0.3 is 49.7 Å². The summed E-state index contributed by atoms with van der Waals surface area (Å²) < 4.78 is 33.4. The van der Waals surface area contributed by atoms with E-state index >= 15 is 0 Å². The fraction of sp³-hybridized carbons (Fsp3) is 0.846. The molecule has 4 aliphatic rings. The summed E-state index contributed by atoms with van der Waals surface area (Å²) in [5, 5.41) is 82.4. The molecule has 0 spiro atoms. The van der Waals surface area contributed by atoms with E-state index in [0.29, 0.717) is 76.1 Å². The Bertz CT molecular complexity index is 1510. The maximum atomic E-state index is 12.0. The predicted molar refractivity (Wildman–Crippen MR) is 261 cm³/mol. The summed E-state index contributed by atoms with van der Waals surface area (Å²) in [5.41, 5.74) is 1.41. The van der Waals surface area contributed by atoms with Crippen molar-refractivity contribution in [2.24, 2.45) is 23.7 Å². The van der Waals surface area contributed by atoms with Crippen LogP contribution in [-0.4, -0.2) is 197 Å². The number of aliphatic carboxylic acids is 2. The molecule has 0 amide bonds. The summed E-state index contributed by atoms with van der Waals surface area (Å²) in [6.07, 6.45) is 8.59. The molecule has 19 nitrogen and oxygen atoms in total. The standard InChI is InChI=1S/2C26H44O9.Ca.H2O/c2*1-16(13-23(30)33-11-9-7-5-4-6-8-10-22(28)29)12-20-25(32)24(31)19(15-34-20)14-21-26(35-21)17(2)18(3)27;;/h2*13,17-21,24-27,31-32H,4-12,14-15H2,1-3H3,(H,28,29);;1H2/q;;+2;/p-2/b2*16-13+;;/t2*17-,18-,19-,20-,21-,24+,25-,26-;;/m00../s1. The van der Waals surface area contributed by atoms with Crippen molar-refractivity contribution in [3.8, 4) is 0 Å². The summed E-state index contributed by atoms with van der Waals surface area (Å²) in [6, 6.07) is 0. The number of carboxylic acids is 2. The van der Waals surface area contributed by atoms with Crippen molar-refractivity contribution in [3.63, 3.8) is 0 Å². The number of carboxylic acid groups (broad SMARTS) is 2. The third kappa shape index (κ3) is 26.3. The fourth-order valence-electron chi connectivity index (χ4n) is 9.16. The van der Waals surface area contributed by atoms with Crippen molar-refractivity contribution in [1.29, 1.82) is 0 Å². The van der Waals surface area contributed by atoms with E-state index in [1.54, 1.807) is 27.7 Å². The number of unbranched alkanes of at least 4 members (excludes halogenated alkanes) is 10. The molecule has 0 aromatic rings. The first-order valence-corrected chi connectivity index (χ1v) is 25.9. The zero-order chi connectivity index (χ0) is 51.9. The third-order valence-corrected chi connectivity index (χ3v) is 14.2. The summed E-state index contributed by atoms with van der Waals surface area (Å²) in [6.45, 7) is 12.1. The number of hydrogen-bond donors (Lipinski definition) is 6. The van der Waals surface area contributed by atoms with Crippen molar-refractivity contribution in [3.05, 3.63) is 23.3 Å². The van der Waals surface area contributed by atoms with Crippen LogP contribution in [0.15, 0.2) is 23.3 Å². The Labute approximate surface area is 456 Å². The van der Waals surface area contributed by atoms with Crippen LogP contribution in [0.2, 0.25) is 0 Å². The van der Waals surface area contributed by atoms with Gasteiger partial charge in [-0.15, -0.1) is 0 Å². The van der Waals surface area contributed by atoms with Gasteiger partial charge in [0.05, 0.1) is 87.5 Å². The minimum Gasteiger partial charge on any atom is -0.550 e. The van der Waals surface area contributed by atoms with Crippen molar-refractivity contribution in [1.82, 2.24) is 0 Å². The minimum atomic E-state index is -1.06. The first-order chi connectivity index (χ1) is 33.2. The third-order valence-electron chi connectivity index (χ3n) is 14.2. The minimum absolute atomic E-state index is 0. The SMILES string of the molecule is C/C(=C\C(=O)OCCCCCCCCC(=O)[O-])C[C@@H]1OC[C@H](C[C@@H]2O[C@H]2[C@@H](C)[C@H](C)O)[C@@H](O)[C@H]1O.C/C(=C\C(=O)OCCCCCCCCC(=O)[O-])C[C@@H]1OC[C@H](C[C@@H]2O[C@H]2[C@@H](C)[C@H](C)O)[C@@H](O)[C@H]1O.O.[Ca+2]. The number of aliphatic hydroxyl groups excluding tert-OH is 6. The number of epoxide rings is 2. The van der Waals surface area contributed by atoms with Crippen LogP contribution in [0.3, 0.4) is 0 Å². The fourth-order valence-corrected chi connectivity index (χ4v) is 9.16. The zero-order valence-corrected chi connectivity index (χ0v) is 45.9. The molecule has 20 heteroatoms. The van der Waals surface area contributed by atoms with Crippen LogP contribution in [0, 0.1) is 23.7 Å². The Morgan fingerprint density at radius 3 is 1.18 bits per heavy atom. The molecule has 16 atom stereocenters. The Morgan fingerprint density at radius 1 is 0.542 bits per heavy atom. The van der Waals surface area contributed by atoms with Gasteiger partial charge in [0.1, 0.15) is 12.2 Å². The Balaban J connectivity index is 0.000000701. The molecule has 0 saturated carbocycles. The van der Waals surface area contributed by atoms with E-state index in [9.17, 15) is 60.0 Å². The molecular weight excluding hydrogens is 969 g/mol. The topological polar surface area (TPSA) is 329 Å². The molecule has 4 heterocycles. The number of aliphatic hydroxyl groups is 6. The first kappa shape index (κ1) is 68.2. The number of carbonyl (C=O) groups excluding carboxylic acids is 4. The van der Waals surface area contributed by atoms with Crippen molar-refractivity contribution in [2.75, 3.05) is 26.4 Å². The summed E-state index contributed by atoms with van der Waals surface area (Å²) in [7, 11) is 0. The van der Waals surface area contributed by atoms with E-state index in [2.05, 4.69) is 0 Å². The second-order valence-electron chi connectivity index (χ2n) is 20.4. The van der Waals surface area contributed by atoms with Crippen molar-refractivity contribution < 1.29 is 93.9 Å². The van der Waals surface area contributed by atoms with Gasteiger partial charge in [0.15, 0.2) is 0 Å². The molecule has 0 unspecified atom stereocenters. The molecule has 0 aromatic carbocycles. The van der Waals surface area contributed by atoms with Crippen LogP contribution >= 0.6 is 0 Å². The molecule has 8 N–H and O–H groups in total. The number of esters is 2. The maximum absolute atomic E-state index is 12.0. The summed E-state index contributed by atoms with van der Waals surface area (Å²) >= 11 is 0. The maximum Gasteiger partial charge on any atom is 2.00 e. The molecule has 0 aliphatic carbocycles. The van der Waals surface area contributed by atoms with Crippen molar-refractivity contribution in [2.45, 2.75) is 230 Å². The molecule has 4 fully saturated rings. The van der Waals surface area contributed by atoms with Crippen LogP contribution in [0.25, 0.3) is 0 Å². The Hall–Kier alpha value is -1.82. The van der Waals surface area contributed by atoms with Gasteiger partial charge < -0.3 is 84.3 Å². The Kier molecular flexibility index (Phi) is 34.3. The van der Waals surface area contributed by atoms with E-state index in [1.165, 1.54) is 12.2 Å². The average molecular weight is 1060 g/mol. The van der Waals surface area contributed by atoms with Crippen LogP contribution in [0.4, 0.5) is 0 Å². The van der Waals surface area contributed by atoms with Crippen LogP contribution < -0.4 is 10.2 Å². The number of ether oxygens (including phenoxy) is 6. The molecule has 4 rings (SSSR count). The van der Waals surface area contributed by atoms with E-state index in [0.717, 1.165) is 64.2 Å². The molecule has 4 saturated heterocycles. The second-order valence-corrected chi connectivity index (χ2v) is 20.4. The predicted octanol–water partition coefficient (Wildman–Crippen LogP) is 1.31. The number of hydrogen-bond acceptors (Lipinski definition) is 18. The zero-order valence-electron chi connectivity index (χ0n) is 43.7. The number of rotatable bonds is 32. The van der Waals surface area contributed by atoms with Gasteiger partial charge in [-0.1, -0.05) is 76.4 Å². The molecular formula is C52H88CaO19. The van der Waals surface area contributed by atoms with Crippen molar-refractivity contribution >= 4 is 61.6 Å². The van der Waals surface area contributed by atoms with E-state index < -0.39 is 72.7 Å². The molecule has 0 bridgehead atoms. The summed E-state index contributed by atoms with van der Waals surface area (Å²) in [4.78, 5) is 44.8. The van der Waals surface area contributed by atoms with Crippen LogP contribution in [0.1, 0.15) is 157 Å². The van der Waals surface area contributed by atoms with Gasteiger partial charge in [-0.3, -0.25) is 0 Å². The molecule has 0 radical (unpaired) electrons. The quantitative estimate of drug-likeness (QED) is 0.0182. The van der Waals surface area contributed by atoms with Gasteiger partial charge in [0.25, 0.3) is 0 Å². The van der Waals surface area contributed by atoms with Gasteiger partial charge in [-0.2, -0.15) is 0 Å². The average Bonchev–Trinajstić information content (AvgIpc) is 4.23. The van der Waals surface area contributed by atoms with Gasteiger partial charge in [-0.05, 0) is 91.9 Å². The molecule has 4 aliphatic heterocycles. The van der Waals surface area contributed by atoms with Gasteiger partial charge in [-0.25, -0.2) is 9.59 Å². The first-order valence-electron chi connectivity index (χ1n) is 25.9. The van der Waals surface area contributed by atoms with Gasteiger partial charge in [0.2, 0.25) is 0 Å².